The van der Waals surface area contributed by atoms with E-state index >= 15 is 0 Å². The van der Waals surface area contributed by atoms with E-state index in [-0.39, 0.29) is 0 Å². The third-order valence-corrected chi connectivity index (χ3v) is 2.93. The summed E-state index contributed by atoms with van der Waals surface area (Å²) < 4.78 is 0.828. The highest BCUT2D eigenvalue weighted by Crippen LogP contribution is 2.26. The molecule has 0 aliphatic heterocycles. The summed E-state index contributed by atoms with van der Waals surface area (Å²) in [5.41, 5.74) is 2.64. The fourth-order valence-electron chi connectivity index (χ4n) is 1.35. The van der Waals surface area contributed by atoms with E-state index in [0.29, 0.717) is 5.56 Å². The topological polar surface area (TPSA) is 36.7 Å². The van der Waals surface area contributed by atoms with Gasteiger partial charge in [-0.2, -0.15) is 5.26 Å². The highest BCUT2D eigenvalue weighted by atomic mass is 79.9. The minimum atomic E-state index is 0.572. The Morgan fingerprint density at radius 2 is 2.21 bits per heavy atom. The Morgan fingerprint density at radius 3 is 2.93 bits per heavy atom. The molecule has 1 heterocycles. The van der Waals surface area contributed by atoms with Gasteiger partial charge < -0.3 is 0 Å². The van der Waals surface area contributed by atoms with Crippen molar-refractivity contribution in [1.29, 1.82) is 5.26 Å². The molecule has 14 heavy (non-hydrogen) atoms. The van der Waals surface area contributed by atoms with Gasteiger partial charge in [-0.1, -0.05) is 11.6 Å². The first-order chi connectivity index (χ1) is 6.72. The maximum atomic E-state index is 8.83. The predicted octanol–water partition coefficient (Wildman–Crippen LogP) is 3.18. The van der Waals surface area contributed by atoms with E-state index in [1.54, 1.807) is 6.20 Å². The number of fused-ring (bicyclic) bond motifs is 1. The molecule has 0 fully saturated rings. The molecule has 1 aromatic carbocycles. The van der Waals surface area contributed by atoms with E-state index < -0.39 is 0 Å². The van der Waals surface area contributed by atoms with Crippen LogP contribution in [-0.4, -0.2) is 4.98 Å². The van der Waals surface area contributed by atoms with Crippen molar-refractivity contribution in [3.63, 3.8) is 0 Å². The zero-order valence-corrected chi connectivity index (χ0v) is 9.17. The van der Waals surface area contributed by atoms with Crippen molar-refractivity contribution < 1.29 is 0 Å². The van der Waals surface area contributed by atoms with Crippen molar-refractivity contribution >= 4 is 26.8 Å². The van der Waals surface area contributed by atoms with Crippen LogP contribution in [0.25, 0.3) is 10.9 Å². The number of hydrogen-bond acceptors (Lipinski definition) is 2. The number of benzene rings is 1. The van der Waals surface area contributed by atoms with Crippen LogP contribution in [0.5, 0.6) is 0 Å². The molecule has 0 N–H and O–H groups in total. The Hall–Kier alpha value is -1.40. The number of nitrogens with zero attached hydrogens (tertiary/aromatic N) is 2. The fourth-order valence-corrected chi connectivity index (χ4v) is 1.86. The van der Waals surface area contributed by atoms with Crippen molar-refractivity contribution in [3.8, 4) is 6.07 Å². The lowest BCUT2D eigenvalue weighted by Crippen LogP contribution is -1.85. The molecule has 3 heteroatoms. The number of halogens is 1. The fraction of sp³-hybridized carbons (Fsp3) is 0.0909. The Balaban J connectivity index is 2.88. The first-order valence-corrected chi connectivity index (χ1v) is 4.96. The van der Waals surface area contributed by atoms with Crippen LogP contribution >= 0.6 is 15.9 Å². The number of nitriles is 1. The van der Waals surface area contributed by atoms with Crippen LogP contribution in [0.2, 0.25) is 0 Å². The number of rotatable bonds is 0. The van der Waals surface area contributed by atoms with E-state index in [4.69, 9.17) is 5.26 Å². The van der Waals surface area contributed by atoms with Gasteiger partial charge in [-0.3, -0.25) is 4.98 Å². The molecule has 0 amide bonds. The molecule has 0 aliphatic rings. The molecule has 0 saturated carbocycles. The van der Waals surface area contributed by atoms with Gasteiger partial charge >= 0.3 is 0 Å². The summed E-state index contributed by atoms with van der Waals surface area (Å²) >= 11 is 3.41. The van der Waals surface area contributed by atoms with E-state index in [0.717, 1.165) is 20.9 Å². The smallest absolute Gasteiger partial charge is 0.102 e. The van der Waals surface area contributed by atoms with Gasteiger partial charge in [0.25, 0.3) is 0 Å². The first-order valence-electron chi connectivity index (χ1n) is 4.17. The van der Waals surface area contributed by atoms with Crippen molar-refractivity contribution in [2.45, 2.75) is 6.92 Å². The largest absolute Gasteiger partial charge is 0.255 e. The average molecular weight is 247 g/mol. The van der Waals surface area contributed by atoms with Gasteiger partial charge in [0.1, 0.15) is 6.07 Å². The van der Waals surface area contributed by atoms with Gasteiger partial charge in [0.05, 0.1) is 11.1 Å². The molecule has 2 aromatic rings. The third-order valence-electron chi connectivity index (χ3n) is 2.08. The summed E-state index contributed by atoms with van der Waals surface area (Å²) in [5, 5.41) is 9.82. The molecule has 0 unspecified atom stereocenters. The minimum Gasteiger partial charge on any atom is -0.255 e. The molecule has 0 aliphatic carbocycles. The van der Waals surface area contributed by atoms with Crippen LogP contribution in [0.4, 0.5) is 0 Å². The molecule has 0 spiro atoms. The normalized spacial score (nSPS) is 10.1. The SMILES string of the molecule is Cc1ccc2ncc(C#N)c(Br)c2c1. The van der Waals surface area contributed by atoms with Crippen LogP contribution in [0.1, 0.15) is 11.1 Å². The van der Waals surface area contributed by atoms with E-state index in [1.165, 1.54) is 0 Å². The summed E-state index contributed by atoms with van der Waals surface area (Å²) in [5.74, 6) is 0. The van der Waals surface area contributed by atoms with Crippen molar-refractivity contribution in [1.82, 2.24) is 4.98 Å². The molecule has 2 rings (SSSR count). The van der Waals surface area contributed by atoms with Gasteiger partial charge in [-0.15, -0.1) is 0 Å². The number of aromatic nitrogens is 1. The summed E-state index contributed by atoms with van der Waals surface area (Å²) in [6.07, 6.45) is 1.59. The second-order valence-corrected chi connectivity index (χ2v) is 3.91. The minimum absolute atomic E-state index is 0.572. The molecule has 68 valence electrons. The maximum absolute atomic E-state index is 8.83. The lowest BCUT2D eigenvalue weighted by atomic mass is 10.1. The van der Waals surface area contributed by atoms with Crippen LogP contribution in [0.15, 0.2) is 28.9 Å². The van der Waals surface area contributed by atoms with Gasteiger partial charge in [-0.05, 0) is 35.0 Å². The number of aryl methyl sites for hydroxylation is 1. The van der Waals surface area contributed by atoms with E-state index in [9.17, 15) is 0 Å². The van der Waals surface area contributed by atoms with Gasteiger partial charge in [0, 0.05) is 16.1 Å². The van der Waals surface area contributed by atoms with Crippen molar-refractivity contribution in [3.05, 3.63) is 40.0 Å². The molecule has 0 atom stereocenters. The monoisotopic (exact) mass is 246 g/mol. The lowest BCUT2D eigenvalue weighted by molar-refractivity contribution is 1.35. The first kappa shape index (κ1) is 9.17. The molecule has 2 nitrogen and oxygen atoms in total. The zero-order valence-electron chi connectivity index (χ0n) is 7.58. The predicted molar refractivity (Wildman–Crippen MR) is 58.9 cm³/mol. The third kappa shape index (κ3) is 1.38. The molecule has 0 saturated heterocycles. The summed E-state index contributed by atoms with van der Waals surface area (Å²) in [7, 11) is 0. The Morgan fingerprint density at radius 1 is 1.43 bits per heavy atom. The van der Waals surface area contributed by atoms with E-state index in [1.807, 2.05) is 25.1 Å². The van der Waals surface area contributed by atoms with Crippen molar-refractivity contribution in [2.24, 2.45) is 0 Å². The van der Waals surface area contributed by atoms with Crippen LogP contribution in [0.3, 0.4) is 0 Å². The molecular formula is C11H7BrN2. The Kier molecular flexibility index (Phi) is 2.22. The zero-order chi connectivity index (χ0) is 10.1. The second kappa shape index (κ2) is 3.39. The number of hydrogen-bond donors (Lipinski definition) is 0. The summed E-state index contributed by atoms with van der Waals surface area (Å²) in [6, 6.07) is 8.08. The van der Waals surface area contributed by atoms with Crippen LogP contribution in [-0.2, 0) is 0 Å². The van der Waals surface area contributed by atoms with Crippen LogP contribution < -0.4 is 0 Å². The summed E-state index contributed by atoms with van der Waals surface area (Å²) in [4.78, 5) is 4.20. The molecule has 0 bridgehead atoms. The quantitative estimate of drug-likeness (QED) is 0.716. The molecule has 1 aromatic heterocycles. The molecular weight excluding hydrogens is 240 g/mol. The van der Waals surface area contributed by atoms with Gasteiger partial charge in [0.2, 0.25) is 0 Å². The van der Waals surface area contributed by atoms with Crippen molar-refractivity contribution in [2.75, 3.05) is 0 Å². The Labute approximate surface area is 90.3 Å². The standard InChI is InChI=1S/C11H7BrN2/c1-7-2-3-10-9(4-7)11(12)8(5-13)6-14-10/h2-4,6H,1H3. The highest BCUT2D eigenvalue weighted by molar-refractivity contribution is 9.10. The molecule has 0 radical (unpaired) electrons. The maximum Gasteiger partial charge on any atom is 0.102 e. The highest BCUT2D eigenvalue weighted by Gasteiger charge is 2.05. The average Bonchev–Trinajstić information content (AvgIpc) is 2.20. The summed E-state index contributed by atoms with van der Waals surface area (Å²) in [6.45, 7) is 2.02. The van der Waals surface area contributed by atoms with E-state index in [2.05, 4.69) is 27.0 Å². The van der Waals surface area contributed by atoms with Gasteiger partial charge in [-0.25, -0.2) is 0 Å². The van der Waals surface area contributed by atoms with Crippen LogP contribution in [0, 0.1) is 18.3 Å². The lowest BCUT2D eigenvalue weighted by Gasteiger charge is -2.02. The second-order valence-electron chi connectivity index (χ2n) is 3.12. The number of pyridine rings is 1. The van der Waals surface area contributed by atoms with Gasteiger partial charge in [0.15, 0.2) is 0 Å². The Bertz CT molecular complexity index is 541.